The molecule has 2 aliphatic carbocycles. The molecule has 36 heavy (non-hydrogen) atoms. The maximum absolute atomic E-state index is 14.2. The molecule has 5 rings (SSSR count). The molecular formula is C27H30O9. The van der Waals surface area contributed by atoms with Crippen molar-refractivity contribution in [3.05, 3.63) is 52.0 Å². The van der Waals surface area contributed by atoms with Crippen molar-refractivity contribution in [3.8, 4) is 17.2 Å². The van der Waals surface area contributed by atoms with Crippen molar-refractivity contribution in [2.45, 2.75) is 45.3 Å². The topological polar surface area (TPSA) is 110 Å². The highest BCUT2D eigenvalue weighted by molar-refractivity contribution is 6.08. The van der Waals surface area contributed by atoms with Gasteiger partial charge in [-0.05, 0) is 37.5 Å². The van der Waals surface area contributed by atoms with Gasteiger partial charge in [-0.2, -0.15) is 0 Å². The number of esters is 1. The Morgan fingerprint density at radius 1 is 1.14 bits per heavy atom. The number of fused-ring (bicyclic) bond motifs is 2. The lowest BCUT2D eigenvalue weighted by Crippen LogP contribution is -2.51. The van der Waals surface area contributed by atoms with E-state index < -0.39 is 35.3 Å². The average Bonchev–Trinajstić information content (AvgIpc) is 3.51. The van der Waals surface area contributed by atoms with Gasteiger partial charge in [-0.25, -0.2) is 4.79 Å². The fraction of sp³-hybridized carbons (Fsp3) is 0.481. The van der Waals surface area contributed by atoms with Gasteiger partial charge in [-0.15, -0.1) is 0 Å². The number of benzene rings is 1. The van der Waals surface area contributed by atoms with Crippen LogP contribution in [0.15, 0.2) is 40.9 Å². The van der Waals surface area contributed by atoms with Gasteiger partial charge in [0.15, 0.2) is 17.3 Å². The Labute approximate surface area is 209 Å². The molecule has 9 nitrogen and oxygen atoms in total. The molecule has 2 aliphatic heterocycles. The molecule has 0 radical (unpaired) electrons. The Morgan fingerprint density at radius 3 is 2.56 bits per heavy atom. The summed E-state index contributed by atoms with van der Waals surface area (Å²) in [6.07, 6.45) is 1.48. The Balaban J connectivity index is 1.84. The van der Waals surface area contributed by atoms with Crippen LogP contribution in [0.1, 0.15) is 44.9 Å². The van der Waals surface area contributed by atoms with Crippen LogP contribution in [0.4, 0.5) is 0 Å². The van der Waals surface area contributed by atoms with Crippen molar-refractivity contribution in [1.82, 2.24) is 0 Å². The average molecular weight is 499 g/mol. The van der Waals surface area contributed by atoms with Crippen LogP contribution in [0.3, 0.4) is 0 Å². The Kier molecular flexibility index (Phi) is 5.78. The summed E-state index contributed by atoms with van der Waals surface area (Å²) in [6, 6.07) is 1.76. The maximum Gasteiger partial charge on any atom is 0.333 e. The molecule has 1 aromatic carbocycles. The van der Waals surface area contributed by atoms with Crippen molar-refractivity contribution in [3.63, 3.8) is 0 Å². The van der Waals surface area contributed by atoms with Crippen LogP contribution < -0.4 is 14.2 Å². The van der Waals surface area contributed by atoms with Gasteiger partial charge >= 0.3 is 5.97 Å². The third-order valence-electron chi connectivity index (χ3n) is 7.95. The number of carbonyl (C=O) groups excluding carboxylic acids is 2. The van der Waals surface area contributed by atoms with Gasteiger partial charge in [0, 0.05) is 22.6 Å². The molecule has 5 atom stereocenters. The van der Waals surface area contributed by atoms with Crippen LogP contribution in [0.5, 0.6) is 17.2 Å². The maximum atomic E-state index is 14.2. The van der Waals surface area contributed by atoms with Gasteiger partial charge in [0.25, 0.3) is 0 Å². The van der Waals surface area contributed by atoms with E-state index in [1.165, 1.54) is 14.2 Å². The van der Waals surface area contributed by atoms with Crippen LogP contribution in [-0.4, -0.2) is 50.6 Å². The van der Waals surface area contributed by atoms with E-state index >= 15 is 0 Å². The molecule has 0 bridgehead atoms. The summed E-state index contributed by atoms with van der Waals surface area (Å²) in [6.45, 7) is 7.12. The third-order valence-corrected chi connectivity index (χ3v) is 7.95. The molecule has 2 heterocycles. The number of ether oxygens (including phenoxy) is 6. The Morgan fingerprint density at radius 2 is 1.89 bits per heavy atom. The van der Waals surface area contributed by atoms with Crippen molar-refractivity contribution >= 4 is 11.8 Å². The number of rotatable bonds is 4. The number of aliphatic hydroxyl groups is 1. The Hall–Kier alpha value is -3.46. The molecular weight excluding hydrogens is 468 g/mol. The molecule has 9 heteroatoms. The third kappa shape index (κ3) is 3.11. The largest absolute Gasteiger partial charge is 0.493 e. The number of hydrogen-bond acceptors (Lipinski definition) is 9. The Bertz CT molecular complexity index is 1240. The fourth-order valence-electron chi connectivity index (χ4n) is 5.57. The SMILES string of the molecule is CC=C(C)C(=O)OC1c2cc3c(c4c2C2(CO4)C(=O)C(OC)=C(OC)C=C2C(O)C(C)C1C)OCO3. The second-order valence-electron chi connectivity index (χ2n) is 9.59. The highest BCUT2D eigenvalue weighted by Gasteiger charge is 2.61. The van der Waals surface area contributed by atoms with E-state index in [1.807, 2.05) is 13.8 Å². The summed E-state index contributed by atoms with van der Waals surface area (Å²) in [7, 11) is 2.84. The summed E-state index contributed by atoms with van der Waals surface area (Å²) in [5.74, 6) is -0.231. The van der Waals surface area contributed by atoms with E-state index in [0.29, 0.717) is 39.5 Å². The van der Waals surface area contributed by atoms with Crippen molar-refractivity contribution in [2.24, 2.45) is 11.8 Å². The highest BCUT2D eigenvalue weighted by Crippen LogP contribution is 2.61. The number of carbonyl (C=O) groups is 2. The molecule has 4 aliphatic rings. The lowest BCUT2D eigenvalue weighted by molar-refractivity contribution is -0.149. The molecule has 1 N–H and O–H groups in total. The van der Waals surface area contributed by atoms with E-state index in [1.54, 1.807) is 32.1 Å². The zero-order valence-corrected chi connectivity index (χ0v) is 21.2. The zero-order chi connectivity index (χ0) is 25.9. The van der Waals surface area contributed by atoms with E-state index in [4.69, 9.17) is 28.4 Å². The summed E-state index contributed by atoms with van der Waals surface area (Å²) < 4.78 is 34.6. The zero-order valence-electron chi connectivity index (χ0n) is 21.2. The first-order valence-corrected chi connectivity index (χ1v) is 11.9. The number of allylic oxidation sites excluding steroid dienone is 3. The van der Waals surface area contributed by atoms with Crippen LogP contribution in [0.25, 0.3) is 0 Å². The predicted octanol–water partition coefficient (Wildman–Crippen LogP) is 3.26. The number of aliphatic hydroxyl groups excluding tert-OH is 1. The van der Waals surface area contributed by atoms with Gasteiger partial charge in [0.05, 0.1) is 20.3 Å². The summed E-state index contributed by atoms with van der Waals surface area (Å²) in [4.78, 5) is 27.2. The van der Waals surface area contributed by atoms with Crippen LogP contribution >= 0.6 is 0 Å². The van der Waals surface area contributed by atoms with E-state index in [0.717, 1.165) is 0 Å². The number of hydrogen-bond donors (Lipinski definition) is 1. The van der Waals surface area contributed by atoms with Crippen molar-refractivity contribution in [1.29, 1.82) is 0 Å². The first-order valence-electron chi connectivity index (χ1n) is 11.9. The monoisotopic (exact) mass is 498 g/mol. The predicted molar refractivity (Wildman–Crippen MR) is 126 cm³/mol. The van der Waals surface area contributed by atoms with Crippen LogP contribution in [0, 0.1) is 11.8 Å². The molecule has 0 saturated carbocycles. The normalized spacial score (nSPS) is 30.5. The van der Waals surface area contributed by atoms with Gasteiger partial charge < -0.3 is 33.5 Å². The molecule has 0 saturated heterocycles. The van der Waals surface area contributed by atoms with E-state index in [-0.39, 0.29) is 30.8 Å². The van der Waals surface area contributed by atoms with Crippen LogP contribution in [0.2, 0.25) is 0 Å². The number of methoxy groups -OCH3 is 2. The van der Waals surface area contributed by atoms with Gasteiger partial charge in [0.2, 0.25) is 24.1 Å². The first kappa shape index (κ1) is 24.2. The summed E-state index contributed by atoms with van der Waals surface area (Å²) in [5, 5.41) is 11.7. The highest BCUT2D eigenvalue weighted by atomic mass is 16.7. The number of ketones is 1. The minimum atomic E-state index is -1.42. The second kappa shape index (κ2) is 8.58. The molecule has 0 amide bonds. The standard InChI is InChI=1S/C27H30O9/c1-7-12(2)26(30)36-21-14(4)13(3)20(28)16-9-17(31-5)23(32-6)25(29)27(16)10-33-24-19(27)15(21)8-18-22(24)35-11-34-18/h7-9,13-14,20-21,28H,10-11H2,1-6H3. The molecule has 0 aromatic heterocycles. The smallest absolute Gasteiger partial charge is 0.333 e. The quantitative estimate of drug-likeness (QED) is 0.494. The summed E-state index contributed by atoms with van der Waals surface area (Å²) in [5.41, 5.74) is 0.530. The lowest BCUT2D eigenvalue weighted by atomic mass is 9.61. The summed E-state index contributed by atoms with van der Waals surface area (Å²) >= 11 is 0. The molecule has 1 aromatic rings. The van der Waals surface area contributed by atoms with Crippen LogP contribution in [-0.2, 0) is 29.2 Å². The fourth-order valence-corrected chi connectivity index (χ4v) is 5.57. The molecule has 5 unspecified atom stereocenters. The van der Waals surface area contributed by atoms with Gasteiger partial charge in [0.1, 0.15) is 18.1 Å². The first-order chi connectivity index (χ1) is 17.2. The van der Waals surface area contributed by atoms with E-state index in [2.05, 4.69) is 0 Å². The molecule has 0 fully saturated rings. The minimum Gasteiger partial charge on any atom is -0.493 e. The van der Waals surface area contributed by atoms with Crippen molar-refractivity contribution in [2.75, 3.05) is 27.6 Å². The minimum absolute atomic E-state index is 0.00794. The second-order valence-corrected chi connectivity index (χ2v) is 9.59. The lowest BCUT2D eigenvalue weighted by Gasteiger charge is -2.43. The van der Waals surface area contributed by atoms with E-state index in [9.17, 15) is 14.7 Å². The van der Waals surface area contributed by atoms with Gasteiger partial charge in [-0.1, -0.05) is 19.9 Å². The number of Topliss-reactive ketones (excluding diaryl/α,β-unsaturated/α-hetero) is 1. The van der Waals surface area contributed by atoms with Crippen molar-refractivity contribution < 1.29 is 43.1 Å². The molecule has 1 spiro atoms. The van der Waals surface area contributed by atoms with Gasteiger partial charge in [-0.3, -0.25) is 4.79 Å². The molecule has 192 valence electrons.